The first-order valence-corrected chi connectivity index (χ1v) is 8.40. The highest BCUT2D eigenvalue weighted by atomic mass is 35.5. The molecule has 122 valence electrons. The molecule has 5 heteroatoms. The Morgan fingerprint density at radius 3 is 2.67 bits per heavy atom. The third-order valence-corrected chi connectivity index (χ3v) is 5.39. The van der Waals surface area contributed by atoms with E-state index in [4.69, 9.17) is 11.6 Å². The average molecular weight is 341 g/mol. The van der Waals surface area contributed by atoms with Crippen LogP contribution in [0.1, 0.15) is 35.1 Å². The third kappa shape index (κ3) is 2.29. The second-order valence-electron chi connectivity index (χ2n) is 6.50. The summed E-state index contributed by atoms with van der Waals surface area (Å²) >= 11 is 6.38. The zero-order valence-corrected chi connectivity index (χ0v) is 14.0. The zero-order valence-electron chi connectivity index (χ0n) is 13.2. The number of aryl methyl sites for hydroxylation is 1. The van der Waals surface area contributed by atoms with Gasteiger partial charge in [0.1, 0.15) is 0 Å². The molecule has 4 rings (SSSR count). The lowest BCUT2D eigenvalue weighted by molar-refractivity contribution is -0.385. The van der Waals surface area contributed by atoms with Crippen molar-refractivity contribution in [1.82, 2.24) is 0 Å². The zero-order chi connectivity index (χ0) is 16.8. The monoisotopic (exact) mass is 340 g/mol. The van der Waals surface area contributed by atoms with Gasteiger partial charge in [-0.05, 0) is 30.9 Å². The molecule has 1 aliphatic carbocycles. The van der Waals surface area contributed by atoms with Gasteiger partial charge >= 0.3 is 0 Å². The number of nitro benzene ring substituents is 1. The van der Waals surface area contributed by atoms with Crippen LogP contribution >= 0.6 is 11.6 Å². The van der Waals surface area contributed by atoms with Crippen LogP contribution in [0.2, 0.25) is 5.02 Å². The van der Waals surface area contributed by atoms with E-state index in [1.807, 2.05) is 0 Å². The molecule has 3 atom stereocenters. The van der Waals surface area contributed by atoms with Crippen molar-refractivity contribution in [3.05, 3.63) is 80.4 Å². The Morgan fingerprint density at radius 1 is 1.21 bits per heavy atom. The molecule has 0 radical (unpaired) electrons. The molecule has 0 spiro atoms. The lowest BCUT2D eigenvalue weighted by atomic mass is 9.76. The van der Waals surface area contributed by atoms with Crippen molar-refractivity contribution in [2.75, 3.05) is 5.32 Å². The van der Waals surface area contributed by atoms with Crippen molar-refractivity contribution < 1.29 is 4.92 Å². The Kier molecular flexibility index (Phi) is 3.57. The molecule has 0 saturated carbocycles. The number of hydrogen-bond acceptors (Lipinski definition) is 3. The van der Waals surface area contributed by atoms with Gasteiger partial charge in [0.2, 0.25) is 0 Å². The van der Waals surface area contributed by atoms with Gasteiger partial charge in [-0.15, -0.1) is 0 Å². The molecule has 24 heavy (non-hydrogen) atoms. The average Bonchev–Trinajstić information content (AvgIpc) is 3.05. The molecule has 0 amide bonds. The minimum atomic E-state index is -0.313. The molecule has 0 fully saturated rings. The Labute approximate surface area is 145 Å². The highest BCUT2D eigenvalue weighted by Gasteiger charge is 2.42. The fourth-order valence-electron chi connectivity index (χ4n) is 3.92. The second-order valence-corrected chi connectivity index (χ2v) is 6.91. The topological polar surface area (TPSA) is 55.2 Å². The molecule has 2 aliphatic rings. The molecule has 1 aliphatic heterocycles. The summed E-state index contributed by atoms with van der Waals surface area (Å²) in [6.45, 7) is 2.06. The highest BCUT2D eigenvalue weighted by molar-refractivity contribution is 6.33. The summed E-state index contributed by atoms with van der Waals surface area (Å²) in [5.41, 5.74) is 3.96. The lowest BCUT2D eigenvalue weighted by Crippen LogP contribution is -2.29. The quantitative estimate of drug-likeness (QED) is 0.453. The SMILES string of the molecule is Cc1ccc([C@@H]2Nc3c(Cl)ccc([N+](=O)[O-])c3[C@@H]3C=CC[C@H]32)cc1. The van der Waals surface area contributed by atoms with E-state index in [2.05, 4.69) is 48.7 Å². The van der Waals surface area contributed by atoms with E-state index in [0.717, 1.165) is 12.0 Å². The van der Waals surface area contributed by atoms with Crippen LogP contribution in [0.15, 0.2) is 48.6 Å². The Bertz CT molecular complexity index is 845. The summed E-state index contributed by atoms with van der Waals surface area (Å²) in [5, 5.41) is 15.5. The number of halogens is 1. The summed E-state index contributed by atoms with van der Waals surface area (Å²) in [7, 11) is 0. The molecule has 0 unspecified atom stereocenters. The molecule has 0 bridgehead atoms. The van der Waals surface area contributed by atoms with Gasteiger partial charge in [-0.3, -0.25) is 10.1 Å². The van der Waals surface area contributed by atoms with Gasteiger partial charge < -0.3 is 5.32 Å². The van der Waals surface area contributed by atoms with Gasteiger partial charge in [0, 0.05) is 12.0 Å². The number of benzene rings is 2. The van der Waals surface area contributed by atoms with Crippen LogP contribution in [0.5, 0.6) is 0 Å². The molecule has 1 N–H and O–H groups in total. The van der Waals surface area contributed by atoms with Crippen molar-refractivity contribution in [2.24, 2.45) is 5.92 Å². The van der Waals surface area contributed by atoms with Gasteiger partial charge in [-0.25, -0.2) is 0 Å². The minimum absolute atomic E-state index is 0.0200. The van der Waals surface area contributed by atoms with Gasteiger partial charge in [0.15, 0.2) is 0 Å². The van der Waals surface area contributed by atoms with Crippen molar-refractivity contribution in [3.63, 3.8) is 0 Å². The maximum Gasteiger partial charge on any atom is 0.275 e. The number of nitrogens with zero attached hydrogens (tertiary/aromatic N) is 1. The predicted molar refractivity (Wildman–Crippen MR) is 95.6 cm³/mol. The smallest absolute Gasteiger partial charge is 0.275 e. The number of fused-ring (bicyclic) bond motifs is 3. The van der Waals surface area contributed by atoms with Gasteiger partial charge in [0.25, 0.3) is 5.69 Å². The number of anilines is 1. The van der Waals surface area contributed by atoms with Crippen LogP contribution in [-0.4, -0.2) is 4.92 Å². The first-order valence-electron chi connectivity index (χ1n) is 8.03. The van der Waals surface area contributed by atoms with Crippen LogP contribution in [0.4, 0.5) is 11.4 Å². The van der Waals surface area contributed by atoms with Crippen molar-refractivity contribution in [1.29, 1.82) is 0 Å². The van der Waals surface area contributed by atoms with Crippen LogP contribution in [0.3, 0.4) is 0 Å². The van der Waals surface area contributed by atoms with E-state index in [1.165, 1.54) is 17.2 Å². The summed E-state index contributed by atoms with van der Waals surface area (Å²) in [6.07, 6.45) is 5.12. The molecule has 0 aromatic heterocycles. The highest BCUT2D eigenvalue weighted by Crippen LogP contribution is 2.54. The molecular formula is C19H17ClN2O2. The molecule has 1 heterocycles. The lowest BCUT2D eigenvalue weighted by Gasteiger charge is -2.37. The van der Waals surface area contributed by atoms with Crippen LogP contribution in [-0.2, 0) is 0 Å². The largest absolute Gasteiger partial charge is 0.376 e. The van der Waals surface area contributed by atoms with Crippen molar-refractivity contribution in [2.45, 2.75) is 25.3 Å². The molecular weight excluding hydrogens is 324 g/mol. The fraction of sp³-hybridized carbons (Fsp3) is 0.263. The Morgan fingerprint density at radius 2 is 1.96 bits per heavy atom. The minimum Gasteiger partial charge on any atom is -0.376 e. The van der Waals surface area contributed by atoms with E-state index in [0.29, 0.717) is 10.7 Å². The van der Waals surface area contributed by atoms with Crippen LogP contribution in [0.25, 0.3) is 0 Å². The normalized spacial score (nSPS) is 24.2. The Balaban J connectivity index is 1.86. The van der Waals surface area contributed by atoms with E-state index in [1.54, 1.807) is 6.07 Å². The predicted octanol–water partition coefficient (Wildman–Crippen LogP) is 5.38. The maximum atomic E-state index is 11.5. The molecule has 2 aromatic rings. The van der Waals surface area contributed by atoms with Crippen LogP contribution in [0, 0.1) is 23.0 Å². The second kappa shape index (κ2) is 5.64. The molecule has 2 aromatic carbocycles. The number of nitrogens with one attached hydrogen (secondary N) is 1. The number of rotatable bonds is 2. The summed E-state index contributed by atoms with van der Waals surface area (Å²) in [5.74, 6) is 0.282. The van der Waals surface area contributed by atoms with E-state index in [-0.39, 0.29) is 28.5 Å². The maximum absolute atomic E-state index is 11.5. The summed E-state index contributed by atoms with van der Waals surface area (Å²) < 4.78 is 0. The van der Waals surface area contributed by atoms with E-state index < -0.39 is 0 Å². The first kappa shape index (κ1) is 15.2. The number of hydrogen-bond donors (Lipinski definition) is 1. The van der Waals surface area contributed by atoms with Crippen molar-refractivity contribution >= 4 is 23.0 Å². The number of nitro groups is 1. The third-order valence-electron chi connectivity index (χ3n) is 5.08. The van der Waals surface area contributed by atoms with E-state index in [9.17, 15) is 10.1 Å². The summed E-state index contributed by atoms with van der Waals surface area (Å²) in [4.78, 5) is 11.2. The molecule has 0 saturated heterocycles. The van der Waals surface area contributed by atoms with Crippen molar-refractivity contribution in [3.8, 4) is 0 Å². The van der Waals surface area contributed by atoms with E-state index >= 15 is 0 Å². The van der Waals surface area contributed by atoms with Crippen LogP contribution < -0.4 is 5.32 Å². The van der Waals surface area contributed by atoms with Gasteiger partial charge in [0.05, 0.1) is 27.2 Å². The fourth-order valence-corrected chi connectivity index (χ4v) is 4.14. The summed E-state index contributed by atoms with van der Waals surface area (Å²) in [6, 6.07) is 11.7. The van der Waals surface area contributed by atoms with Gasteiger partial charge in [-0.1, -0.05) is 53.6 Å². The Hall–Kier alpha value is -2.33. The number of allylic oxidation sites excluding steroid dienone is 2. The molecule has 4 nitrogen and oxygen atoms in total. The standard InChI is InChI=1S/C19H17ClN2O2/c1-11-5-7-12(8-6-11)18-14-4-2-3-13(14)17-16(22(23)24)10-9-15(20)19(17)21-18/h2-3,5-10,13-14,18,21H,4H2,1H3/t13-,14-,18+/m1/s1. The van der Waals surface area contributed by atoms with Gasteiger partial charge in [-0.2, -0.15) is 0 Å². The first-order chi connectivity index (χ1) is 11.6.